The molecule has 3 aromatic carbocycles. The summed E-state index contributed by atoms with van der Waals surface area (Å²) in [4.78, 5) is 0. The van der Waals surface area contributed by atoms with Crippen LogP contribution in [0.15, 0.2) is 109 Å². The van der Waals surface area contributed by atoms with E-state index in [1.807, 2.05) is 93.6 Å². The van der Waals surface area contributed by atoms with Gasteiger partial charge in [0.15, 0.2) is 0 Å². The van der Waals surface area contributed by atoms with E-state index in [-0.39, 0.29) is 5.66 Å². The molecular formula is C33H43O4P. The number of rotatable bonds is 5. The lowest BCUT2D eigenvalue weighted by Crippen LogP contribution is -2.21. The smallest absolute Gasteiger partial charge is 0.284 e. The molecule has 5 heteroatoms. The van der Waals surface area contributed by atoms with Gasteiger partial charge in [-0.15, -0.1) is 0 Å². The molecule has 1 aliphatic heterocycles. The molecule has 0 fully saturated rings. The van der Waals surface area contributed by atoms with Crippen LogP contribution < -0.4 is 14.6 Å². The maximum absolute atomic E-state index is 14.0. The Hall–Kier alpha value is -3.49. The van der Waals surface area contributed by atoms with E-state index in [2.05, 4.69) is 20.4 Å². The zero-order chi connectivity index (χ0) is 28.6. The predicted octanol–water partition coefficient (Wildman–Crippen LogP) is 10.1. The van der Waals surface area contributed by atoms with Crippen LogP contribution in [0.25, 0.3) is 11.1 Å². The van der Waals surface area contributed by atoms with E-state index < -0.39 is 7.37 Å². The largest absolute Gasteiger partial charge is 0.513 e. The first kappa shape index (κ1) is 32.5. The van der Waals surface area contributed by atoms with Crippen LogP contribution in [0, 0.1) is 0 Å². The molecule has 0 aromatic heterocycles. The molecule has 0 radical (unpaired) electrons. The van der Waals surface area contributed by atoms with Crippen LogP contribution in [0.2, 0.25) is 0 Å². The second-order valence-corrected chi connectivity index (χ2v) is 10.9. The zero-order valence-corrected chi connectivity index (χ0v) is 24.7. The summed E-state index contributed by atoms with van der Waals surface area (Å²) in [5.74, 6) is 1.78. The molecule has 0 saturated heterocycles. The van der Waals surface area contributed by atoms with Gasteiger partial charge in [0.1, 0.15) is 11.5 Å². The van der Waals surface area contributed by atoms with Crippen LogP contribution in [-0.4, -0.2) is 12.2 Å². The minimum Gasteiger partial charge on any atom is -0.513 e. The Morgan fingerprint density at radius 3 is 2.08 bits per heavy atom. The molecule has 4 nitrogen and oxygen atoms in total. The summed E-state index contributed by atoms with van der Waals surface area (Å²) in [5, 5.41) is 9.34. The van der Waals surface area contributed by atoms with Crippen molar-refractivity contribution in [3.05, 3.63) is 115 Å². The number of hydrogen-bond donors (Lipinski definition) is 1. The summed E-state index contributed by atoms with van der Waals surface area (Å²) in [7, 11) is -1.48. The number of fused-ring (bicyclic) bond motifs is 3. The number of aliphatic hydroxyl groups is 1. The normalized spacial score (nSPS) is 15.9. The first-order chi connectivity index (χ1) is 18.3. The van der Waals surface area contributed by atoms with E-state index in [1.54, 1.807) is 38.3 Å². The van der Waals surface area contributed by atoms with Gasteiger partial charge in [-0.2, -0.15) is 0 Å². The van der Waals surface area contributed by atoms with Crippen molar-refractivity contribution in [1.82, 2.24) is 0 Å². The Morgan fingerprint density at radius 2 is 1.53 bits per heavy atom. The molecule has 0 bridgehead atoms. The fraction of sp³-hybridized carbons (Fsp3) is 0.273. The van der Waals surface area contributed by atoms with Gasteiger partial charge in [0, 0.05) is 5.56 Å². The molecule has 204 valence electrons. The summed E-state index contributed by atoms with van der Waals surface area (Å²) >= 11 is 0. The van der Waals surface area contributed by atoms with Crippen LogP contribution in [-0.2, 0) is 4.57 Å². The van der Waals surface area contributed by atoms with Crippen molar-refractivity contribution in [2.75, 3.05) is 7.11 Å². The highest BCUT2D eigenvalue weighted by atomic mass is 31.2. The molecule has 1 N–H and O–H groups in total. The van der Waals surface area contributed by atoms with Gasteiger partial charge in [-0.1, -0.05) is 107 Å². The summed E-state index contributed by atoms with van der Waals surface area (Å²) in [6, 6.07) is 23.3. The third kappa shape index (κ3) is 8.82. The lowest BCUT2D eigenvalue weighted by atomic mass is 10.0. The van der Waals surface area contributed by atoms with Gasteiger partial charge in [-0.25, -0.2) is 0 Å². The Balaban J connectivity index is 0.000000470. The van der Waals surface area contributed by atoms with Crippen molar-refractivity contribution < 1.29 is 18.9 Å². The third-order valence-corrected chi connectivity index (χ3v) is 8.19. The molecule has 2 atom stereocenters. The van der Waals surface area contributed by atoms with E-state index in [1.165, 1.54) is 6.42 Å². The molecule has 2 unspecified atom stereocenters. The molecule has 38 heavy (non-hydrogen) atoms. The lowest BCUT2D eigenvalue weighted by Gasteiger charge is -2.32. The molecule has 0 saturated carbocycles. The number of benzene rings is 3. The maximum Gasteiger partial charge on any atom is 0.284 e. The molecule has 3 aromatic rings. The quantitative estimate of drug-likeness (QED) is 0.201. The summed E-state index contributed by atoms with van der Waals surface area (Å²) in [6.07, 6.45) is 7.98. The molecule has 4 rings (SSSR count). The van der Waals surface area contributed by atoms with Crippen LogP contribution >= 0.6 is 7.37 Å². The van der Waals surface area contributed by atoms with Gasteiger partial charge in [0.05, 0.1) is 23.8 Å². The number of methoxy groups -OCH3 is 1. The van der Waals surface area contributed by atoms with E-state index in [0.29, 0.717) is 11.5 Å². The minimum atomic E-state index is -3.11. The van der Waals surface area contributed by atoms with Crippen molar-refractivity contribution >= 4 is 12.7 Å². The highest BCUT2D eigenvalue weighted by Crippen LogP contribution is 2.63. The minimum absolute atomic E-state index is 0.257. The molecular weight excluding hydrogens is 491 g/mol. The van der Waals surface area contributed by atoms with Gasteiger partial charge in [0.2, 0.25) is 0 Å². The van der Waals surface area contributed by atoms with Crippen molar-refractivity contribution in [2.45, 2.75) is 53.6 Å². The first-order valence-electron chi connectivity index (χ1n) is 13.1. The predicted molar refractivity (Wildman–Crippen MR) is 164 cm³/mol. The summed E-state index contributed by atoms with van der Waals surface area (Å²) < 4.78 is 25.4. The van der Waals surface area contributed by atoms with Gasteiger partial charge in [-0.3, -0.25) is 4.57 Å². The topological polar surface area (TPSA) is 55.8 Å². The Morgan fingerprint density at radius 1 is 0.974 bits per heavy atom. The summed E-state index contributed by atoms with van der Waals surface area (Å²) in [6.45, 7) is 15.3. The average molecular weight is 535 g/mol. The molecule has 0 spiro atoms. The number of aliphatic hydroxyl groups excluding tert-OH is 1. The van der Waals surface area contributed by atoms with Gasteiger partial charge < -0.3 is 14.4 Å². The van der Waals surface area contributed by atoms with Gasteiger partial charge in [0.25, 0.3) is 7.37 Å². The van der Waals surface area contributed by atoms with E-state index in [9.17, 15) is 4.57 Å². The van der Waals surface area contributed by atoms with E-state index in [0.717, 1.165) is 27.7 Å². The molecule has 1 heterocycles. The van der Waals surface area contributed by atoms with Gasteiger partial charge in [-0.05, 0) is 55.3 Å². The van der Waals surface area contributed by atoms with E-state index >= 15 is 0 Å². The summed E-state index contributed by atoms with van der Waals surface area (Å²) in [5.41, 5.74) is 2.70. The number of para-hydroxylation sites is 1. The molecule has 0 amide bonds. The second kappa shape index (κ2) is 17.1. The van der Waals surface area contributed by atoms with Crippen molar-refractivity contribution in [3.8, 4) is 22.6 Å². The van der Waals surface area contributed by atoms with Crippen molar-refractivity contribution in [3.63, 3.8) is 0 Å². The average Bonchev–Trinajstić information content (AvgIpc) is 2.95. The maximum atomic E-state index is 14.0. The number of allylic oxidation sites excluding steroid dienone is 5. The third-order valence-electron chi connectivity index (χ3n) is 5.34. The number of ether oxygens (including phenoxy) is 1. The zero-order valence-electron chi connectivity index (χ0n) is 23.8. The fourth-order valence-corrected chi connectivity index (χ4v) is 6.09. The highest BCUT2D eigenvalue weighted by molar-refractivity contribution is 7.68. The number of hydrogen-bond acceptors (Lipinski definition) is 4. The van der Waals surface area contributed by atoms with Crippen LogP contribution in [0.4, 0.5) is 0 Å². The standard InChI is InChI=1S/C21H19O3P.C7H10O.C3H8.C2H6/c1-15(16-11-13-17(23-2)14-12-16)25(22)21-10-6-4-8-19(21)18-7-3-5-9-20(18)24-25;1-3-4-5-6-7(2)8;1-3-2;1-2/h3-15H,1-2H3;3-6,8H,1H2,2H3;3H2,1-2H3;1-2H3/b;5-4-,7-6+;;. The van der Waals surface area contributed by atoms with Crippen molar-refractivity contribution in [2.24, 2.45) is 0 Å². The van der Waals surface area contributed by atoms with E-state index in [4.69, 9.17) is 14.4 Å². The van der Waals surface area contributed by atoms with Crippen LogP contribution in [0.1, 0.15) is 59.2 Å². The molecule has 1 aliphatic rings. The fourth-order valence-electron chi connectivity index (χ4n) is 3.58. The second-order valence-electron chi connectivity index (χ2n) is 8.29. The van der Waals surface area contributed by atoms with Crippen molar-refractivity contribution in [1.29, 1.82) is 0 Å². The monoisotopic (exact) mass is 534 g/mol. The Kier molecular flexibility index (Phi) is 14.6. The Bertz CT molecular complexity index is 1220. The Labute approximate surface area is 229 Å². The lowest BCUT2D eigenvalue weighted by molar-refractivity contribution is 0.414. The molecule has 0 aliphatic carbocycles. The highest BCUT2D eigenvalue weighted by Gasteiger charge is 2.41. The first-order valence-corrected chi connectivity index (χ1v) is 14.8. The van der Waals surface area contributed by atoms with Crippen LogP contribution in [0.3, 0.4) is 0 Å². The SMILES string of the molecule is C=C/C=C\C=C(/C)O.CC.CCC.COc1ccc(C(C)P2(=O)Oc3ccccc3-c3ccccc32)cc1. The van der Waals surface area contributed by atoms with Crippen LogP contribution in [0.5, 0.6) is 11.5 Å². The van der Waals surface area contributed by atoms with Gasteiger partial charge >= 0.3 is 0 Å².